The lowest BCUT2D eigenvalue weighted by Gasteiger charge is -2.36. The zero-order valence-corrected chi connectivity index (χ0v) is 16.9. The zero-order valence-electron chi connectivity index (χ0n) is 16.9. The van der Waals surface area contributed by atoms with E-state index >= 15 is 0 Å². The quantitative estimate of drug-likeness (QED) is 0.508. The van der Waals surface area contributed by atoms with E-state index in [1.54, 1.807) is 12.1 Å². The van der Waals surface area contributed by atoms with Crippen LogP contribution >= 0.6 is 0 Å². The topological polar surface area (TPSA) is 43.9 Å². The van der Waals surface area contributed by atoms with Gasteiger partial charge in [-0.15, -0.1) is 0 Å². The predicted octanol–water partition coefficient (Wildman–Crippen LogP) is 3.12. The van der Waals surface area contributed by atoms with Gasteiger partial charge in [-0.1, -0.05) is 45.2 Å². The van der Waals surface area contributed by atoms with Gasteiger partial charge in [0.25, 0.3) is 11.8 Å². The number of carbonyl (C=O) groups excluding carboxylic acids is 2. The maximum absolute atomic E-state index is 13.4. The van der Waals surface area contributed by atoms with Gasteiger partial charge < -0.3 is 9.80 Å². The lowest BCUT2D eigenvalue weighted by Crippen LogP contribution is -2.47. The average molecular weight is 387 g/mol. The van der Waals surface area contributed by atoms with Crippen LogP contribution in [0.1, 0.15) is 45.1 Å². The van der Waals surface area contributed by atoms with E-state index in [1.807, 2.05) is 4.90 Å². The highest BCUT2D eigenvalue weighted by molar-refractivity contribution is 6.35. The molecule has 0 unspecified atom stereocenters. The van der Waals surface area contributed by atoms with Crippen LogP contribution in [0.3, 0.4) is 0 Å². The fourth-order valence-corrected chi connectivity index (χ4v) is 3.92. The molecule has 3 rings (SSSR count). The van der Waals surface area contributed by atoms with Gasteiger partial charge in [0.1, 0.15) is 11.5 Å². The first kappa shape index (κ1) is 20.5. The maximum Gasteiger partial charge on any atom is 0.277 e. The molecule has 0 aromatic heterocycles. The molecular formula is C22H30FN3O2. The lowest BCUT2D eigenvalue weighted by atomic mass is 10.0. The first-order valence-electron chi connectivity index (χ1n) is 10.4. The Morgan fingerprint density at radius 1 is 0.893 bits per heavy atom. The number of benzene rings is 1. The first-order valence-corrected chi connectivity index (χ1v) is 10.4. The van der Waals surface area contributed by atoms with Gasteiger partial charge in [0, 0.05) is 32.7 Å². The molecule has 1 saturated heterocycles. The summed E-state index contributed by atoms with van der Waals surface area (Å²) in [5.41, 5.74) is 1.53. The van der Waals surface area contributed by atoms with Crippen LogP contribution in [0.4, 0.5) is 4.39 Å². The summed E-state index contributed by atoms with van der Waals surface area (Å²) in [5, 5.41) is 0. The van der Waals surface area contributed by atoms with Gasteiger partial charge in [-0.2, -0.15) is 0 Å². The Morgan fingerprint density at radius 2 is 1.57 bits per heavy atom. The Balaban J connectivity index is 1.88. The van der Waals surface area contributed by atoms with Crippen LogP contribution in [0.15, 0.2) is 30.0 Å². The Morgan fingerprint density at radius 3 is 2.18 bits per heavy atom. The molecule has 0 spiro atoms. The Kier molecular flexibility index (Phi) is 6.83. The van der Waals surface area contributed by atoms with Crippen molar-refractivity contribution in [3.05, 3.63) is 41.3 Å². The molecule has 28 heavy (non-hydrogen) atoms. The molecule has 6 heteroatoms. The highest BCUT2D eigenvalue weighted by atomic mass is 19.1. The number of hydrogen-bond donors (Lipinski definition) is 0. The smallest absolute Gasteiger partial charge is 0.277 e. The summed E-state index contributed by atoms with van der Waals surface area (Å²) in [4.78, 5) is 32.1. The monoisotopic (exact) mass is 387 g/mol. The second kappa shape index (κ2) is 9.32. The van der Waals surface area contributed by atoms with E-state index in [0.717, 1.165) is 58.4 Å². The molecule has 1 aromatic rings. The van der Waals surface area contributed by atoms with Crippen molar-refractivity contribution in [1.29, 1.82) is 0 Å². The van der Waals surface area contributed by atoms with E-state index in [2.05, 4.69) is 18.7 Å². The van der Waals surface area contributed by atoms with Gasteiger partial charge in [-0.25, -0.2) is 4.39 Å². The molecule has 5 nitrogen and oxygen atoms in total. The summed E-state index contributed by atoms with van der Waals surface area (Å²) < 4.78 is 13.4. The van der Waals surface area contributed by atoms with Crippen molar-refractivity contribution in [3.8, 4) is 0 Å². The lowest BCUT2D eigenvalue weighted by molar-refractivity contribution is -0.137. The molecule has 2 aliphatic heterocycles. The number of carbonyl (C=O) groups is 2. The number of amides is 2. The van der Waals surface area contributed by atoms with E-state index in [9.17, 15) is 14.0 Å². The molecule has 1 aromatic carbocycles. The van der Waals surface area contributed by atoms with E-state index in [0.29, 0.717) is 23.4 Å². The van der Waals surface area contributed by atoms with Crippen LogP contribution in [0.2, 0.25) is 0 Å². The molecule has 152 valence electrons. The molecular weight excluding hydrogens is 357 g/mol. The van der Waals surface area contributed by atoms with Gasteiger partial charge >= 0.3 is 0 Å². The number of hydrogen-bond acceptors (Lipinski definition) is 4. The van der Waals surface area contributed by atoms with Crippen LogP contribution in [-0.2, 0) is 9.59 Å². The largest absolute Gasteiger partial charge is 0.364 e. The van der Waals surface area contributed by atoms with Gasteiger partial charge in [0.15, 0.2) is 0 Å². The summed E-state index contributed by atoms with van der Waals surface area (Å²) in [7, 11) is 0. The summed E-state index contributed by atoms with van der Waals surface area (Å²) in [6.07, 6.45) is 4.02. The highest BCUT2D eigenvalue weighted by Crippen LogP contribution is 2.32. The van der Waals surface area contributed by atoms with E-state index < -0.39 is 0 Å². The second-order valence-electron chi connectivity index (χ2n) is 7.47. The molecule has 0 N–H and O–H groups in total. The minimum atomic E-state index is -0.351. The van der Waals surface area contributed by atoms with Crippen molar-refractivity contribution in [3.63, 3.8) is 0 Å². The number of nitrogens with zero attached hydrogens (tertiary/aromatic N) is 3. The fourth-order valence-electron chi connectivity index (χ4n) is 3.92. The van der Waals surface area contributed by atoms with Crippen LogP contribution in [0, 0.1) is 5.82 Å². The molecule has 0 radical (unpaired) electrons. The minimum absolute atomic E-state index is 0.203. The number of likely N-dealkylation sites (N-methyl/N-ethyl adjacent to an activating group) is 1. The molecule has 1 fully saturated rings. The van der Waals surface area contributed by atoms with Crippen molar-refractivity contribution < 1.29 is 14.0 Å². The molecule has 2 heterocycles. The van der Waals surface area contributed by atoms with Crippen LogP contribution in [-0.4, -0.2) is 65.8 Å². The van der Waals surface area contributed by atoms with Crippen LogP contribution in [0.5, 0.6) is 0 Å². The SMILES string of the molecule is CCCCCCN1C(=O)C(c2ccc(F)cc2)=C(N2CCN(CC)CC2)C1=O. The summed E-state index contributed by atoms with van der Waals surface area (Å²) in [6, 6.07) is 5.88. The number of rotatable bonds is 8. The molecule has 0 saturated carbocycles. The van der Waals surface area contributed by atoms with Crippen LogP contribution in [0.25, 0.3) is 5.57 Å². The molecule has 2 amide bonds. The fraction of sp³-hybridized carbons (Fsp3) is 0.545. The van der Waals surface area contributed by atoms with E-state index in [-0.39, 0.29) is 17.6 Å². The third-order valence-corrected chi connectivity index (χ3v) is 5.65. The Labute approximate surface area is 166 Å². The summed E-state index contributed by atoms with van der Waals surface area (Å²) in [5.74, 6) is -0.803. The average Bonchev–Trinajstić information content (AvgIpc) is 2.96. The van der Waals surface area contributed by atoms with Crippen molar-refractivity contribution in [2.45, 2.75) is 39.5 Å². The van der Waals surface area contributed by atoms with Gasteiger partial charge in [-0.3, -0.25) is 14.5 Å². The predicted molar refractivity (Wildman–Crippen MR) is 108 cm³/mol. The molecule has 0 atom stereocenters. The standard InChI is InChI=1S/C22H30FN3O2/c1-3-5-6-7-12-26-21(27)19(17-8-10-18(23)11-9-17)20(22(26)28)25-15-13-24(4-2)14-16-25/h8-11H,3-7,12-16H2,1-2H3. The molecule has 0 bridgehead atoms. The number of halogens is 1. The summed E-state index contributed by atoms with van der Waals surface area (Å²) in [6.45, 7) is 8.86. The van der Waals surface area contributed by atoms with Gasteiger partial charge in [0.05, 0.1) is 5.57 Å². The summed E-state index contributed by atoms with van der Waals surface area (Å²) >= 11 is 0. The third kappa shape index (κ3) is 4.27. The number of unbranched alkanes of at least 4 members (excludes halogenated alkanes) is 3. The number of piperazine rings is 1. The van der Waals surface area contributed by atoms with Gasteiger partial charge in [0.2, 0.25) is 0 Å². The van der Waals surface area contributed by atoms with Crippen molar-refractivity contribution in [2.24, 2.45) is 0 Å². The first-order chi connectivity index (χ1) is 13.6. The maximum atomic E-state index is 13.4. The zero-order chi connectivity index (χ0) is 20.1. The van der Waals surface area contributed by atoms with Gasteiger partial charge in [-0.05, 0) is 30.7 Å². The second-order valence-corrected chi connectivity index (χ2v) is 7.47. The minimum Gasteiger partial charge on any atom is -0.364 e. The normalized spacial score (nSPS) is 18.5. The molecule has 0 aliphatic carbocycles. The van der Waals surface area contributed by atoms with Crippen LogP contribution < -0.4 is 0 Å². The van der Waals surface area contributed by atoms with Crippen molar-refractivity contribution in [1.82, 2.24) is 14.7 Å². The number of imide groups is 1. The highest BCUT2D eigenvalue weighted by Gasteiger charge is 2.41. The van der Waals surface area contributed by atoms with Crippen molar-refractivity contribution in [2.75, 3.05) is 39.3 Å². The van der Waals surface area contributed by atoms with E-state index in [1.165, 1.54) is 17.0 Å². The Hall–Kier alpha value is -2.21. The Bertz CT molecular complexity index is 737. The van der Waals surface area contributed by atoms with E-state index in [4.69, 9.17) is 0 Å². The third-order valence-electron chi connectivity index (χ3n) is 5.65. The molecule has 2 aliphatic rings. The van der Waals surface area contributed by atoms with Crippen molar-refractivity contribution >= 4 is 17.4 Å².